The fraction of sp³-hybridized carbons (Fsp3) is 0.250. The zero-order valence-corrected chi connectivity index (χ0v) is 15.2. The zero-order valence-electron chi connectivity index (χ0n) is 13.7. The fourth-order valence-electron chi connectivity index (χ4n) is 2.94. The van der Waals surface area contributed by atoms with Crippen molar-refractivity contribution in [1.29, 1.82) is 0 Å². The minimum Gasteiger partial charge on any atom is -0.458 e. The molecule has 25 heavy (non-hydrogen) atoms. The summed E-state index contributed by atoms with van der Waals surface area (Å²) < 4.78 is 5.25. The molecule has 0 aliphatic carbocycles. The number of aliphatic hydroxyl groups excluding tert-OH is 1. The number of ether oxygens (including phenoxy) is 1. The van der Waals surface area contributed by atoms with Gasteiger partial charge in [-0.25, -0.2) is 0 Å². The van der Waals surface area contributed by atoms with Crippen LogP contribution in [0.3, 0.4) is 0 Å². The molecule has 0 amide bonds. The summed E-state index contributed by atoms with van der Waals surface area (Å²) in [6, 6.07) is 11.6. The lowest BCUT2D eigenvalue weighted by molar-refractivity contribution is -0.156. The van der Waals surface area contributed by atoms with Crippen molar-refractivity contribution in [1.82, 2.24) is 0 Å². The van der Waals surface area contributed by atoms with Crippen LogP contribution in [0.5, 0.6) is 0 Å². The standard InChI is InChI=1S/C20H18Cl2O3/c1-12-3-2-4-13(7-12)18-8-14(21)9-19(22)17(18)6-5-16-10-15(23)11-20(24)25-16/h2-9,15-16,23H,10-11H2,1H3/b6-5+/t15-,16-/m1/s1. The second kappa shape index (κ2) is 7.61. The summed E-state index contributed by atoms with van der Waals surface area (Å²) in [5.41, 5.74) is 3.84. The molecule has 0 aromatic heterocycles. The molecule has 3 rings (SSSR count). The Hall–Kier alpha value is -1.81. The predicted octanol–water partition coefficient (Wildman–Crippen LogP) is 5.05. The number of rotatable bonds is 3. The van der Waals surface area contributed by atoms with Gasteiger partial charge >= 0.3 is 5.97 Å². The Morgan fingerprint density at radius 1 is 1.24 bits per heavy atom. The van der Waals surface area contributed by atoms with Crippen LogP contribution in [0.15, 0.2) is 42.5 Å². The molecular formula is C20H18Cl2O3. The Bertz CT molecular complexity index is 830. The van der Waals surface area contributed by atoms with Crippen molar-refractivity contribution >= 4 is 35.2 Å². The lowest BCUT2D eigenvalue weighted by Crippen LogP contribution is -2.31. The molecule has 1 saturated heterocycles. The van der Waals surface area contributed by atoms with Gasteiger partial charge in [0, 0.05) is 22.0 Å². The predicted molar refractivity (Wildman–Crippen MR) is 101 cm³/mol. The summed E-state index contributed by atoms with van der Waals surface area (Å²) >= 11 is 12.6. The maximum atomic E-state index is 11.5. The lowest BCUT2D eigenvalue weighted by atomic mass is 9.97. The van der Waals surface area contributed by atoms with Crippen LogP contribution in [0.1, 0.15) is 24.0 Å². The van der Waals surface area contributed by atoms with Crippen LogP contribution in [-0.4, -0.2) is 23.3 Å². The molecule has 3 nitrogen and oxygen atoms in total. The van der Waals surface area contributed by atoms with Crippen LogP contribution < -0.4 is 0 Å². The highest BCUT2D eigenvalue weighted by Crippen LogP contribution is 2.34. The minimum absolute atomic E-state index is 0.0422. The molecule has 130 valence electrons. The van der Waals surface area contributed by atoms with Gasteiger partial charge in [0.1, 0.15) is 6.10 Å². The second-order valence-electron chi connectivity index (χ2n) is 6.20. The number of halogens is 2. The lowest BCUT2D eigenvalue weighted by Gasteiger charge is -2.23. The van der Waals surface area contributed by atoms with E-state index in [-0.39, 0.29) is 6.42 Å². The Balaban J connectivity index is 1.98. The third kappa shape index (κ3) is 4.43. The molecule has 0 saturated carbocycles. The number of aliphatic hydroxyl groups is 1. The van der Waals surface area contributed by atoms with Gasteiger partial charge in [-0.3, -0.25) is 4.79 Å². The third-order valence-corrected chi connectivity index (χ3v) is 4.62. The average molecular weight is 377 g/mol. The van der Waals surface area contributed by atoms with E-state index in [4.69, 9.17) is 27.9 Å². The molecule has 0 radical (unpaired) electrons. The molecule has 5 heteroatoms. The molecular weight excluding hydrogens is 359 g/mol. The van der Waals surface area contributed by atoms with E-state index in [9.17, 15) is 9.90 Å². The first-order valence-corrected chi connectivity index (χ1v) is 8.80. The van der Waals surface area contributed by atoms with Gasteiger partial charge < -0.3 is 9.84 Å². The van der Waals surface area contributed by atoms with Crippen LogP contribution >= 0.6 is 23.2 Å². The van der Waals surface area contributed by atoms with E-state index in [2.05, 4.69) is 6.07 Å². The molecule has 0 unspecified atom stereocenters. The maximum absolute atomic E-state index is 11.5. The van der Waals surface area contributed by atoms with Gasteiger partial charge in [-0.1, -0.05) is 59.1 Å². The van der Waals surface area contributed by atoms with Gasteiger partial charge in [-0.2, -0.15) is 0 Å². The first kappa shape index (κ1) is 18.0. The van der Waals surface area contributed by atoms with E-state index >= 15 is 0 Å². The first-order valence-electron chi connectivity index (χ1n) is 8.04. The third-order valence-electron chi connectivity index (χ3n) is 4.09. The number of carbonyl (C=O) groups excluding carboxylic acids is 1. The number of carbonyl (C=O) groups is 1. The normalized spacial score (nSPS) is 20.7. The molecule has 0 bridgehead atoms. The van der Waals surface area contributed by atoms with Crippen molar-refractivity contribution in [2.45, 2.75) is 32.0 Å². The van der Waals surface area contributed by atoms with Crippen molar-refractivity contribution in [3.05, 3.63) is 63.6 Å². The second-order valence-corrected chi connectivity index (χ2v) is 7.04. The topological polar surface area (TPSA) is 46.5 Å². The molecule has 2 aromatic carbocycles. The summed E-state index contributed by atoms with van der Waals surface area (Å²) in [6.07, 6.45) is 2.87. The van der Waals surface area contributed by atoms with E-state index < -0.39 is 18.2 Å². The SMILES string of the molecule is Cc1cccc(-c2cc(Cl)cc(Cl)c2/C=C/[C@@H]2C[C@@H](O)CC(=O)O2)c1. The fourth-order valence-corrected chi connectivity index (χ4v) is 3.49. The van der Waals surface area contributed by atoms with Crippen LogP contribution in [-0.2, 0) is 9.53 Å². The van der Waals surface area contributed by atoms with Crippen molar-refractivity contribution in [3.63, 3.8) is 0 Å². The monoisotopic (exact) mass is 376 g/mol. The highest BCUT2D eigenvalue weighted by atomic mass is 35.5. The number of aryl methyl sites for hydroxylation is 1. The highest BCUT2D eigenvalue weighted by Gasteiger charge is 2.25. The van der Waals surface area contributed by atoms with Gasteiger partial charge in [-0.15, -0.1) is 0 Å². The molecule has 1 fully saturated rings. The van der Waals surface area contributed by atoms with Crippen molar-refractivity contribution in [2.24, 2.45) is 0 Å². The van der Waals surface area contributed by atoms with Crippen LogP contribution in [0.2, 0.25) is 10.0 Å². The summed E-state index contributed by atoms with van der Waals surface area (Å²) in [7, 11) is 0. The summed E-state index contributed by atoms with van der Waals surface area (Å²) in [5, 5.41) is 10.8. The van der Waals surface area contributed by atoms with Gasteiger partial charge in [0.2, 0.25) is 0 Å². The number of hydrogen-bond donors (Lipinski definition) is 1. The Labute approximate surface area is 156 Å². The van der Waals surface area contributed by atoms with E-state index in [1.807, 2.05) is 37.3 Å². The molecule has 1 N–H and O–H groups in total. The van der Waals surface area contributed by atoms with Crippen LogP contribution in [0.25, 0.3) is 17.2 Å². The van der Waals surface area contributed by atoms with Crippen LogP contribution in [0, 0.1) is 6.92 Å². The summed E-state index contributed by atoms with van der Waals surface area (Å²) in [5.74, 6) is -0.394. The Morgan fingerprint density at radius 2 is 2.04 bits per heavy atom. The molecule has 0 spiro atoms. The Morgan fingerprint density at radius 3 is 2.76 bits per heavy atom. The smallest absolute Gasteiger partial charge is 0.309 e. The molecule has 1 heterocycles. The molecule has 1 aliphatic heterocycles. The number of cyclic esters (lactones) is 1. The molecule has 1 aliphatic rings. The van der Waals surface area contributed by atoms with Crippen LogP contribution in [0.4, 0.5) is 0 Å². The number of benzene rings is 2. The van der Waals surface area contributed by atoms with Crippen molar-refractivity contribution in [3.8, 4) is 11.1 Å². The van der Waals surface area contributed by atoms with Gasteiger partial charge in [0.25, 0.3) is 0 Å². The van der Waals surface area contributed by atoms with Crippen molar-refractivity contribution < 1.29 is 14.6 Å². The Kier molecular flexibility index (Phi) is 5.48. The van der Waals surface area contributed by atoms with E-state index in [0.717, 1.165) is 22.3 Å². The van der Waals surface area contributed by atoms with Gasteiger partial charge in [0.15, 0.2) is 0 Å². The molecule has 2 atom stereocenters. The summed E-state index contributed by atoms with van der Waals surface area (Å²) in [4.78, 5) is 11.5. The zero-order chi connectivity index (χ0) is 18.0. The van der Waals surface area contributed by atoms with E-state index in [1.165, 1.54) is 0 Å². The van der Waals surface area contributed by atoms with E-state index in [0.29, 0.717) is 16.5 Å². The van der Waals surface area contributed by atoms with E-state index in [1.54, 1.807) is 12.1 Å². The largest absolute Gasteiger partial charge is 0.458 e. The highest BCUT2D eigenvalue weighted by molar-refractivity contribution is 6.36. The number of esters is 1. The first-order chi connectivity index (χ1) is 11.9. The average Bonchev–Trinajstić information content (AvgIpc) is 2.52. The van der Waals surface area contributed by atoms with Crippen molar-refractivity contribution in [2.75, 3.05) is 0 Å². The summed E-state index contributed by atoms with van der Waals surface area (Å²) in [6.45, 7) is 2.02. The maximum Gasteiger partial charge on any atom is 0.309 e. The number of hydrogen-bond acceptors (Lipinski definition) is 3. The molecule has 2 aromatic rings. The quantitative estimate of drug-likeness (QED) is 0.762. The van der Waals surface area contributed by atoms with Gasteiger partial charge in [0.05, 0.1) is 12.5 Å². The minimum atomic E-state index is -0.673. The van der Waals surface area contributed by atoms with Gasteiger partial charge in [-0.05, 0) is 36.3 Å².